The number of thiophene rings is 1. The van der Waals surface area contributed by atoms with Gasteiger partial charge in [0.05, 0.1) is 0 Å². The SMILES string of the molecule is C[C@H](NCCc1cccs1)c1cccc(Cl)c1. The molecule has 1 nitrogen and oxygen atoms in total. The minimum atomic E-state index is 0.341. The van der Waals surface area contributed by atoms with Crippen molar-refractivity contribution in [2.24, 2.45) is 0 Å². The van der Waals surface area contributed by atoms with Crippen molar-refractivity contribution >= 4 is 22.9 Å². The molecule has 17 heavy (non-hydrogen) atoms. The van der Waals surface area contributed by atoms with Crippen molar-refractivity contribution in [3.8, 4) is 0 Å². The van der Waals surface area contributed by atoms with Gasteiger partial charge in [0.2, 0.25) is 0 Å². The van der Waals surface area contributed by atoms with Gasteiger partial charge >= 0.3 is 0 Å². The summed E-state index contributed by atoms with van der Waals surface area (Å²) in [5.41, 5.74) is 1.24. The van der Waals surface area contributed by atoms with Crippen LogP contribution in [0.3, 0.4) is 0 Å². The van der Waals surface area contributed by atoms with Gasteiger partial charge in [-0.2, -0.15) is 0 Å². The maximum atomic E-state index is 5.98. The van der Waals surface area contributed by atoms with Gasteiger partial charge in [0.25, 0.3) is 0 Å². The number of rotatable bonds is 5. The molecule has 90 valence electrons. The van der Waals surface area contributed by atoms with E-state index in [-0.39, 0.29) is 0 Å². The van der Waals surface area contributed by atoms with E-state index in [9.17, 15) is 0 Å². The Morgan fingerprint density at radius 2 is 2.18 bits per heavy atom. The number of hydrogen-bond donors (Lipinski definition) is 1. The Labute approximate surface area is 111 Å². The van der Waals surface area contributed by atoms with E-state index in [0.717, 1.165) is 18.0 Å². The zero-order valence-corrected chi connectivity index (χ0v) is 11.4. The van der Waals surface area contributed by atoms with E-state index in [0.29, 0.717) is 6.04 Å². The highest BCUT2D eigenvalue weighted by Gasteiger charge is 2.04. The molecule has 0 aliphatic carbocycles. The molecule has 1 N–H and O–H groups in total. The Balaban J connectivity index is 1.83. The summed E-state index contributed by atoms with van der Waals surface area (Å²) in [7, 11) is 0. The second-order valence-corrected chi connectivity index (χ2v) is 5.53. The van der Waals surface area contributed by atoms with Crippen molar-refractivity contribution in [2.75, 3.05) is 6.54 Å². The number of benzene rings is 1. The lowest BCUT2D eigenvalue weighted by Crippen LogP contribution is -2.21. The zero-order chi connectivity index (χ0) is 12.1. The number of halogens is 1. The van der Waals surface area contributed by atoms with Crippen LogP contribution in [0.2, 0.25) is 5.02 Å². The molecule has 0 radical (unpaired) electrons. The van der Waals surface area contributed by atoms with Crippen LogP contribution in [0.4, 0.5) is 0 Å². The predicted octanol–water partition coefficient (Wildman–Crippen LogP) is 4.29. The summed E-state index contributed by atoms with van der Waals surface area (Å²) in [4.78, 5) is 1.43. The highest BCUT2D eigenvalue weighted by molar-refractivity contribution is 7.09. The van der Waals surface area contributed by atoms with Crippen molar-refractivity contribution in [2.45, 2.75) is 19.4 Å². The Morgan fingerprint density at radius 1 is 1.29 bits per heavy atom. The van der Waals surface area contributed by atoms with E-state index in [1.165, 1.54) is 10.4 Å². The van der Waals surface area contributed by atoms with Crippen LogP contribution in [0, 0.1) is 0 Å². The van der Waals surface area contributed by atoms with Crippen LogP contribution in [0.15, 0.2) is 41.8 Å². The molecule has 0 bridgehead atoms. The van der Waals surface area contributed by atoms with Crippen LogP contribution >= 0.6 is 22.9 Å². The van der Waals surface area contributed by atoms with Gasteiger partial charge in [0.1, 0.15) is 0 Å². The molecule has 0 aliphatic heterocycles. The molecule has 0 fully saturated rings. The van der Waals surface area contributed by atoms with E-state index in [1.807, 2.05) is 29.5 Å². The smallest absolute Gasteiger partial charge is 0.0409 e. The first-order valence-corrected chi connectivity index (χ1v) is 7.02. The van der Waals surface area contributed by atoms with Gasteiger partial charge < -0.3 is 5.32 Å². The maximum Gasteiger partial charge on any atom is 0.0409 e. The van der Waals surface area contributed by atoms with E-state index >= 15 is 0 Å². The highest BCUT2D eigenvalue weighted by atomic mass is 35.5. The molecule has 0 amide bonds. The summed E-state index contributed by atoms with van der Waals surface area (Å²) >= 11 is 7.79. The van der Waals surface area contributed by atoms with Gasteiger partial charge in [-0.15, -0.1) is 11.3 Å². The first-order chi connectivity index (χ1) is 8.25. The molecule has 0 aliphatic rings. The quantitative estimate of drug-likeness (QED) is 0.850. The lowest BCUT2D eigenvalue weighted by molar-refractivity contribution is 0.578. The van der Waals surface area contributed by atoms with E-state index in [1.54, 1.807) is 0 Å². The highest BCUT2D eigenvalue weighted by Crippen LogP contribution is 2.17. The molecule has 2 aromatic rings. The molecular formula is C14H16ClNS. The third kappa shape index (κ3) is 3.84. The fourth-order valence-electron chi connectivity index (χ4n) is 1.76. The topological polar surface area (TPSA) is 12.0 Å². The van der Waals surface area contributed by atoms with Gasteiger partial charge in [0.15, 0.2) is 0 Å². The monoisotopic (exact) mass is 265 g/mol. The number of nitrogens with one attached hydrogen (secondary N) is 1. The Bertz CT molecular complexity index is 453. The van der Waals surface area contributed by atoms with Crippen LogP contribution in [0.1, 0.15) is 23.4 Å². The normalized spacial score (nSPS) is 12.6. The Kier molecular flexibility index (Phi) is 4.60. The summed E-state index contributed by atoms with van der Waals surface area (Å²) in [6.07, 6.45) is 1.09. The van der Waals surface area contributed by atoms with Crippen LogP contribution in [0.25, 0.3) is 0 Å². The van der Waals surface area contributed by atoms with Crippen LogP contribution in [0.5, 0.6) is 0 Å². The van der Waals surface area contributed by atoms with Crippen molar-refractivity contribution in [3.05, 3.63) is 57.2 Å². The van der Waals surface area contributed by atoms with Crippen molar-refractivity contribution in [1.29, 1.82) is 0 Å². The van der Waals surface area contributed by atoms with Crippen LogP contribution < -0.4 is 5.32 Å². The van der Waals surface area contributed by atoms with Gasteiger partial charge in [-0.25, -0.2) is 0 Å². The molecule has 0 unspecified atom stereocenters. The predicted molar refractivity (Wildman–Crippen MR) is 75.9 cm³/mol. The summed E-state index contributed by atoms with van der Waals surface area (Å²) < 4.78 is 0. The van der Waals surface area contributed by atoms with Gasteiger partial charge in [-0.3, -0.25) is 0 Å². The fraction of sp³-hybridized carbons (Fsp3) is 0.286. The minimum absolute atomic E-state index is 0.341. The van der Waals surface area contributed by atoms with E-state index < -0.39 is 0 Å². The average Bonchev–Trinajstić information content (AvgIpc) is 2.82. The second-order valence-electron chi connectivity index (χ2n) is 4.06. The molecule has 3 heteroatoms. The van der Waals surface area contributed by atoms with Crippen molar-refractivity contribution in [1.82, 2.24) is 5.32 Å². The molecule has 1 heterocycles. The summed E-state index contributed by atoms with van der Waals surface area (Å²) in [6, 6.07) is 12.6. The molecule has 1 atom stereocenters. The molecule has 1 aromatic heterocycles. The van der Waals surface area contributed by atoms with Gasteiger partial charge in [0, 0.05) is 22.5 Å². The lowest BCUT2D eigenvalue weighted by Gasteiger charge is -2.14. The third-order valence-electron chi connectivity index (χ3n) is 2.75. The van der Waals surface area contributed by atoms with Gasteiger partial charge in [-0.1, -0.05) is 29.8 Å². The second kappa shape index (κ2) is 6.20. The molecular weight excluding hydrogens is 250 g/mol. The average molecular weight is 266 g/mol. The third-order valence-corrected chi connectivity index (χ3v) is 3.92. The molecule has 1 aromatic carbocycles. The van der Waals surface area contributed by atoms with E-state index in [4.69, 9.17) is 11.6 Å². The zero-order valence-electron chi connectivity index (χ0n) is 9.82. The summed E-state index contributed by atoms with van der Waals surface area (Å²) in [6.45, 7) is 3.16. The number of hydrogen-bond acceptors (Lipinski definition) is 2. The van der Waals surface area contributed by atoms with E-state index in [2.05, 4.69) is 35.8 Å². The molecule has 0 spiro atoms. The Morgan fingerprint density at radius 3 is 2.88 bits per heavy atom. The van der Waals surface area contributed by atoms with Crippen molar-refractivity contribution in [3.63, 3.8) is 0 Å². The van der Waals surface area contributed by atoms with Crippen LogP contribution in [-0.2, 0) is 6.42 Å². The largest absolute Gasteiger partial charge is 0.310 e. The fourth-order valence-corrected chi connectivity index (χ4v) is 2.67. The maximum absolute atomic E-state index is 5.98. The molecule has 0 saturated carbocycles. The lowest BCUT2D eigenvalue weighted by atomic mass is 10.1. The molecule has 0 saturated heterocycles. The molecule has 2 rings (SSSR count). The minimum Gasteiger partial charge on any atom is -0.310 e. The van der Waals surface area contributed by atoms with Gasteiger partial charge in [-0.05, 0) is 42.5 Å². The van der Waals surface area contributed by atoms with Crippen molar-refractivity contribution < 1.29 is 0 Å². The first-order valence-electron chi connectivity index (χ1n) is 5.77. The Hall–Kier alpha value is -0.830. The summed E-state index contributed by atoms with van der Waals surface area (Å²) in [5, 5.41) is 6.43. The standard InChI is InChI=1S/C14H16ClNS/c1-11(12-4-2-5-13(15)10-12)16-8-7-14-6-3-9-17-14/h2-6,9-11,16H,7-8H2,1H3/t11-/m0/s1. The summed E-state index contributed by atoms with van der Waals surface area (Å²) in [5.74, 6) is 0. The van der Waals surface area contributed by atoms with Crippen LogP contribution in [-0.4, -0.2) is 6.54 Å². The first kappa shape index (κ1) is 12.6.